The standard InChI is InChI=1S/C16H13ClFN3O2/c1-8-11(7-10-5-3-4-6-12(10)18)14(17)21-15(19-8)13(16(22)23)9(2)20-21/h3-6H,7H2,1-2H3,(H,22,23). The van der Waals surface area contributed by atoms with Gasteiger partial charge in [-0.3, -0.25) is 0 Å². The fraction of sp³-hybridized carbons (Fsp3) is 0.188. The predicted molar refractivity (Wildman–Crippen MR) is 83.6 cm³/mol. The Morgan fingerprint density at radius 1 is 1.30 bits per heavy atom. The van der Waals surface area contributed by atoms with Crippen LogP contribution in [0.1, 0.15) is 32.9 Å². The highest BCUT2D eigenvalue weighted by molar-refractivity contribution is 6.30. The number of aryl methyl sites for hydroxylation is 2. The number of fused-ring (bicyclic) bond motifs is 1. The maximum absolute atomic E-state index is 13.9. The molecule has 0 saturated carbocycles. The summed E-state index contributed by atoms with van der Waals surface area (Å²) in [7, 11) is 0. The van der Waals surface area contributed by atoms with Crippen LogP contribution in [0.3, 0.4) is 0 Å². The van der Waals surface area contributed by atoms with Crippen molar-refractivity contribution in [1.29, 1.82) is 0 Å². The number of nitrogens with zero attached hydrogens (tertiary/aromatic N) is 3. The van der Waals surface area contributed by atoms with Gasteiger partial charge in [-0.1, -0.05) is 29.8 Å². The second kappa shape index (κ2) is 5.62. The highest BCUT2D eigenvalue weighted by Crippen LogP contribution is 2.26. The Balaban J connectivity index is 2.20. The van der Waals surface area contributed by atoms with Gasteiger partial charge in [0.1, 0.15) is 16.5 Å². The summed E-state index contributed by atoms with van der Waals surface area (Å²) < 4.78 is 15.2. The van der Waals surface area contributed by atoms with E-state index < -0.39 is 5.97 Å². The highest BCUT2D eigenvalue weighted by atomic mass is 35.5. The lowest BCUT2D eigenvalue weighted by Gasteiger charge is -2.10. The Bertz CT molecular complexity index is 937. The number of carboxylic acids is 1. The molecule has 0 amide bonds. The van der Waals surface area contributed by atoms with Crippen LogP contribution in [0.25, 0.3) is 5.65 Å². The molecule has 3 rings (SSSR count). The summed E-state index contributed by atoms with van der Waals surface area (Å²) >= 11 is 6.38. The molecular weight excluding hydrogens is 321 g/mol. The van der Waals surface area contributed by atoms with Crippen LogP contribution in [0, 0.1) is 19.7 Å². The molecule has 0 atom stereocenters. The van der Waals surface area contributed by atoms with Gasteiger partial charge in [0.25, 0.3) is 0 Å². The summed E-state index contributed by atoms with van der Waals surface area (Å²) in [5.74, 6) is -1.44. The largest absolute Gasteiger partial charge is 0.477 e. The molecule has 0 bridgehead atoms. The predicted octanol–water partition coefficient (Wildman–Crippen LogP) is 3.43. The average Bonchev–Trinajstić information content (AvgIpc) is 2.81. The number of benzene rings is 1. The molecule has 2 aromatic heterocycles. The minimum absolute atomic E-state index is 0.0208. The molecule has 0 unspecified atom stereocenters. The van der Waals surface area contributed by atoms with Crippen molar-refractivity contribution < 1.29 is 14.3 Å². The van der Waals surface area contributed by atoms with E-state index in [1.165, 1.54) is 10.6 Å². The number of carbonyl (C=O) groups is 1. The van der Waals surface area contributed by atoms with Gasteiger partial charge >= 0.3 is 5.97 Å². The van der Waals surface area contributed by atoms with Crippen LogP contribution in [-0.4, -0.2) is 25.7 Å². The van der Waals surface area contributed by atoms with Crippen molar-refractivity contribution in [2.75, 3.05) is 0 Å². The smallest absolute Gasteiger partial charge is 0.341 e. The van der Waals surface area contributed by atoms with Crippen molar-refractivity contribution in [1.82, 2.24) is 14.6 Å². The van der Waals surface area contributed by atoms with Crippen molar-refractivity contribution in [3.63, 3.8) is 0 Å². The molecule has 7 heteroatoms. The summed E-state index contributed by atoms with van der Waals surface area (Å²) in [5, 5.41) is 13.7. The Kier molecular flexibility index (Phi) is 3.77. The Labute approximate surface area is 136 Å². The summed E-state index contributed by atoms with van der Waals surface area (Å²) in [5.41, 5.74) is 2.19. The average molecular weight is 334 g/mol. The van der Waals surface area contributed by atoms with Crippen molar-refractivity contribution >= 4 is 23.2 Å². The number of rotatable bonds is 3. The quantitative estimate of drug-likeness (QED) is 0.746. The van der Waals surface area contributed by atoms with E-state index in [9.17, 15) is 14.3 Å². The molecule has 1 aromatic carbocycles. The molecular formula is C16H13ClFN3O2. The zero-order chi connectivity index (χ0) is 16.7. The van der Waals surface area contributed by atoms with Crippen LogP contribution in [-0.2, 0) is 6.42 Å². The fourth-order valence-corrected chi connectivity index (χ4v) is 2.86. The van der Waals surface area contributed by atoms with Gasteiger partial charge in [-0.2, -0.15) is 5.10 Å². The lowest BCUT2D eigenvalue weighted by Crippen LogP contribution is -2.06. The fourth-order valence-electron chi connectivity index (χ4n) is 2.54. The Morgan fingerprint density at radius 3 is 2.65 bits per heavy atom. The van der Waals surface area contributed by atoms with Crippen molar-refractivity contribution in [2.24, 2.45) is 0 Å². The number of hydrogen-bond donors (Lipinski definition) is 1. The first-order valence-electron chi connectivity index (χ1n) is 6.91. The lowest BCUT2D eigenvalue weighted by atomic mass is 10.0. The molecule has 0 fully saturated rings. The SMILES string of the molecule is Cc1nc2c(C(=O)O)c(C)nn2c(Cl)c1Cc1ccccc1F. The summed E-state index contributed by atoms with van der Waals surface area (Å²) in [6.45, 7) is 3.30. The third-order valence-electron chi connectivity index (χ3n) is 3.72. The molecule has 23 heavy (non-hydrogen) atoms. The van der Waals surface area contributed by atoms with E-state index in [1.54, 1.807) is 32.0 Å². The van der Waals surface area contributed by atoms with Crippen LogP contribution < -0.4 is 0 Å². The number of hydrogen-bond acceptors (Lipinski definition) is 3. The molecule has 1 N–H and O–H groups in total. The van der Waals surface area contributed by atoms with Crippen LogP contribution in [0.15, 0.2) is 24.3 Å². The van der Waals surface area contributed by atoms with Gasteiger partial charge < -0.3 is 5.11 Å². The van der Waals surface area contributed by atoms with Crippen molar-refractivity contribution in [3.8, 4) is 0 Å². The van der Waals surface area contributed by atoms with Crippen LogP contribution in [0.5, 0.6) is 0 Å². The van der Waals surface area contributed by atoms with Gasteiger partial charge in [-0.05, 0) is 25.5 Å². The minimum atomic E-state index is -1.11. The summed E-state index contributed by atoms with van der Waals surface area (Å²) in [6, 6.07) is 6.41. The first-order chi connectivity index (χ1) is 10.9. The van der Waals surface area contributed by atoms with Gasteiger partial charge in [0, 0.05) is 17.7 Å². The monoisotopic (exact) mass is 333 g/mol. The first-order valence-corrected chi connectivity index (χ1v) is 7.29. The molecule has 3 aromatic rings. The zero-order valence-electron chi connectivity index (χ0n) is 12.5. The molecule has 0 spiro atoms. The van der Waals surface area contributed by atoms with E-state index in [0.29, 0.717) is 22.5 Å². The number of halogens is 2. The topological polar surface area (TPSA) is 67.5 Å². The van der Waals surface area contributed by atoms with Gasteiger partial charge in [0.15, 0.2) is 5.65 Å². The first kappa shape index (κ1) is 15.4. The van der Waals surface area contributed by atoms with Crippen molar-refractivity contribution in [2.45, 2.75) is 20.3 Å². The third kappa shape index (κ3) is 2.55. The van der Waals surface area contributed by atoms with E-state index in [2.05, 4.69) is 10.1 Å². The molecule has 5 nitrogen and oxygen atoms in total. The Hall–Kier alpha value is -2.47. The van der Waals surface area contributed by atoms with E-state index in [-0.39, 0.29) is 28.6 Å². The van der Waals surface area contributed by atoms with Crippen LogP contribution >= 0.6 is 11.6 Å². The van der Waals surface area contributed by atoms with E-state index in [1.807, 2.05) is 0 Å². The van der Waals surface area contributed by atoms with Gasteiger partial charge in [-0.15, -0.1) is 0 Å². The third-order valence-corrected chi connectivity index (χ3v) is 4.11. The van der Waals surface area contributed by atoms with E-state index in [0.717, 1.165) is 0 Å². The zero-order valence-corrected chi connectivity index (χ0v) is 13.2. The normalized spacial score (nSPS) is 11.1. The maximum Gasteiger partial charge on any atom is 0.341 e. The van der Waals surface area contributed by atoms with E-state index in [4.69, 9.17) is 11.6 Å². The van der Waals surface area contributed by atoms with Crippen LogP contribution in [0.2, 0.25) is 5.15 Å². The van der Waals surface area contributed by atoms with Crippen LogP contribution in [0.4, 0.5) is 4.39 Å². The van der Waals surface area contributed by atoms with Crippen molar-refractivity contribution in [3.05, 3.63) is 63.3 Å². The highest BCUT2D eigenvalue weighted by Gasteiger charge is 2.22. The Morgan fingerprint density at radius 2 is 2.00 bits per heavy atom. The number of carboxylic acid groups (broad SMARTS) is 1. The number of aromatic carboxylic acids is 1. The maximum atomic E-state index is 13.9. The molecule has 2 heterocycles. The van der Waals surface area contributed by atoms with Gasteiger partial charge in [0.2, 0.25) is 0 Å². The molecule has 0 radical (unpaired) electrons. The second-order valence-corrected chi connectivity index (χ2v) is 5.59. The lowest BCUT2D eigenvalue weighted by molar-refractivity contribution is 0.0698. The summed E-state index contributed by atoms with van der Waals surface area (Å²) in [6.07, 6.45) is 0.252. The molecule has 0 saturated heterocycles. The van der Waals surface area contributed by atoms with Gasteiger partial charge in [0.05, 0.1) is 5.69 Å². The molecule has 0 aliphatic carbocycles. The minimum Gasteiger partial charge on any atom is -0.477 e. The van der Waals surface area contributed by atoms with E-state index >= 15 is 0 Å². The van der Waals surface area contributed by atoms with Gasteiger partial charge in [-0.25, -0.2) is 18.7 Å². The number of aromatic nitrogens is 3. The molecule has 118 valence electrons. The summed E-state index contributed by atoms with van der Waals surface area (Å²) in [4.78, 5) is 15.7. The molecule has 0 aliphatic rings. The molecule has 0 aliphatic heterocycles. The second-order valence-electron chi connectivity index (χ2n) is 5.24.